The number of hydrogen-bond acceptors (Lipinski definition) is 6. The van der Waals surface area contributed by atoms with Gasteiger partial charge < -0.3 is 20.6 Å². The summed E-state index contributed by atoms with van der Waals surface area (Å²) in [7, 11) is 0. The molecule has 0 atom stereocenters. The number of rotatable bonds is 13. The summed E-state index contributed by atoms with van der Waals surface area (Å²) < 4.78 is 0. The molecule has 0 unspecified atom stereocenters. The molecule has 170 valence electrons. The summed E-state index contributed by atoms with van der Waals surface area (Å²) in [6, 6.07) is 17.7. The maximum atomic E-state index is 9.39. The smallest absolute Gasteiger partial charge is 0.223 e. The number of aromatic hydroxyl groups is 1. The van der Waals surface area contributed by atoms with Crippen molar-refractivity contribution in [3.8, 4) is 17.0 Å². The summed E-state index contributed by atoms with van der Waals surface area (Å²) >= 11 is 0. The minimum atomic E-state index is 0.287. The van der Waals surface area contributed by atoms with Gasteiger partial charge in [0, 0.05) is 24.8 Å². The minimum Gasteiger partial charge on any atom is -0.508 e. The van der Waals surface area contributed by atoms with Gasteiger partial charge in [-0.1, -0.05) is 44.2 Å². The normalized spacial score (nSPS) is 11.1. The molecule has 0 aliphatic heterocycles. The first-order valence-electron chi connectivity index (χ1n) is 11.5. The largest absolute Gasteiger partial charge is 0.508 e. The van der Waals surface area contributed by atoms with Gasteiger partial charge in [0.2, 0.25) is 5.95 Å². The Kier molecular flexibility index (Phi) is 9.47. The second-order valence-electron chi connectivity index (χ2n) is 7.87. The van der Waals surface area contributed by atoms with Crippen LogP contribution in [-0.2, 0) is 13.0 Å². The second kappa shape index (κ2) is 12.8. The summed E-state index contributed by atoms with van der Waals surface area (Å²) in [5.74, 6) is 0.913. The summed E-state index contributed by atoms with van der Waals surface area (Å²) in [6.07, 6.45) is 3.79. The van der Waals surface area contributed by atoms with Crippen molar-refractivity contribution in [3.63, 3.8) is 0 Å². The Hall–Kier alpha value is -2.96. The van der Waals surface area contributed by atoms with Crippen LogP contribution in [0.3, 0.4) is 0 Å². The zero-order valence-corrected chi connectivity index (χ0v) is 19.2. The molecule has 0 amide bonds. The Balaban J connectivity index is 1.50. The summed E-state index contributed by atoms with van der Waals surface area (Å²) in [5.41, 5.74) is 4.42. The third-order valence-electron chi connectivity index (χ3n) is 5.56. The van der Waals surface area contributed by atoms with Crippen LogP contribution in [0.15, 0.2) is 60.8 Å². The molecule has 1 heterocycles. The molecule has 3 rings (SSSR count). The zero-order chi connectivity index (χ0) is 22.6. The third kappa shape index (κ3) is 7.62. The Bertz CT molecular complexity index is 941. The van der Waals surface area contributed by atoms with Gasteiger partial charge in [-0.15, -0.1) is 0 Å². The first kappa shape index (κ1) is 23.7. The van der Waals surface area contributed by atoms with Gasteiger partial charge in [-0.2, -0.15) is 0 Å². The molecule has 1 aromatic heterocycles. The molecule has 0 saturated carbocycles. The summed E-state index contributed by atoms with van der Waals surface area (Å²) in [6.45, 7) is 10.4. The Morgan fingerprint density at radius 2 is 1.75 bits per heavy atom. The molecule has 0 bridgehead atoms. The lowest BCUT2D eigenvalue weighted by atomic mass is 10.1. The van der Waals surface area contributed by atoms with E-state index in [0.717, 1.165) is 68.9 Å². The van der Waals surface area contributed by atoms with E-state index in [2.05, 4.69) is 63.6 Å². The molecular weight excluding hydrogens is 398 g/mol. The molecule has 3 aromatic rings. The average Bonchev–Trinajstić information content (AvgIpc) is 2.83. The van der Waals surface area contributed by atoms with Gasteiger partial charge in [-0.25, -0.2) is 9.97 Å². The standard InChI is InChI=1S/C26H35N5O/c1-3-31(4-2)18-6-15-27-20-22-7-5-8-23(19-22)25-14-17-29-26(30-25)28-16-13-21-9-11-24(32)12-10-21/h5,7-12,14,17,19,27,32H,3-4,6,13,15-16,18,20H2,1-2H3,(H,28,29,30). The van der Waals surface area contributed by atoms with Gasteiger partial charge in [0.05, 0.1) is 5.69 Å². The minimum absolute atomic E-state index is 0.287. The fourth-order valence-corrected chi connectivity index (χ4v) is 3.63. The van der Waals surface area contributed by atoms with Gasteiger partial charge in [0.1, 0.15) is 5.75 Å². The predicted octanol–water partition coefficient (Wildman–Crippen LogP) is 4.33. The van der Waals surface area contributed by atoms with Crippen molar-refractivity contribution in [1.29, 1.82) is 0 Å². The number of phenolic OH excluding ortho intramolecular Hbond substituents is 1. The van der Waals surface area contributed by atoms with E-state index in [1.807, 2.05) is 18.2 Å². The Labute approximate surface area is 191 Å². The van der Waals surface area contributed by atoms with Crippen LogP contribution < -0.4 is 10.6 Å². The highest BCUT2D eigenvalue weighted by Gasteiger charge is 2.04. The van der Waals surface area contributed by atoms with E-state index < -0.39 is 0 Å². The van der Waals surface area contributed by atoms with Crippen molar-refractivity contribution in [3.05, 3.63) is 71.9 Å². The van der Waals surface area contributed by atoms with Crippen LogP contribution in [0.25, 0.3) is 11.3 Å². The van der Waals surface area contributed by atoms with Crippen LogP contribution in [0.5, 0.6) is 5.75 Å². The van der Waals surface area contributed by atoms with E-state index in [1.54, 1.807) is 18.3 Å². The van der Waals surface area contributed by atoms with E-state index >= 15 is 0 Å². The van der Waals surface area contributed by atoms with Crippen molar-refractivity contribution in [2.45, 2.75) is 33.2 Å². The fraction of sp³-hybridized carbons (Fsp3) is 0.385. The molecule has 0 radical (unpaired) electrons. The van der Waals surface area contributed by atoms with Crippen molar-refractivity contribution in [1.82, 2.24) is 20.2 Å². The lowest BCUT2D eigenvalue weighted by molar-refractivity contribution is 0.298. The van der Waals surface area contributed by atoms with Crippen molar-refractivity contribution < 1.29 is 5.11 Å². The lowest BCUT2D eigenvalue weighted by Gasteiger charge is -2.17. The zero-order valence-electron chi connectivity index (χ0n) is 19.2. The van der Waals surface area contributed by atoms with Crippen LogP contribution >= 0.6 is 0 Å². The second-order valence-corrected chi connectivity index (χ2v) is 7.87. The number of nitrogens with zero attached hydrogens (tertiary/aromatic N) is 3. The van der Waals surface area contributed by atoms with E-state index in [4.69, 9.17) is 0 Å². The molecule has 6 heteroatoms. The molecular formula is C26H35N5O. The van der Waals surface area contributed by atoms with Crippen LogP contribution in [0, 0.1) is 0 Å². The van der Waals surface area contributed by atoms with Gasteiger partial charge in [-0.3, -0.25) is 0 Å². The molecule has 6 nitrogen and oxygen atoms in total. The predicted molar refractivity (Wildman–Crippen MR) is 132 cm³/mol. The lowest BCUT2D eigenvalue weighted by Crippen LogP contribution is -2.27. The van der Waals surface area contributed by atoms with Gasteiger partial charge in [-0.05, 0) is 74.4 Å². The van der Waals surface area contributed by atoms with Crippen LogP contribution in [0.4, 0.5) is 5.95 Å². The Morgan fingerprint density at radius 3 is 2.53 bits per heavy atom. The topological polar surface area (TPSA) is 73.3 Å². The van der Waals surface area contributed by atoms with Gasteiger partial charge in [0.15, 0.2) is 0 Å². The molecule has 0 aliphatic rings. The summed E-state index contributed by atoms with van der Waals surface area (Å²) in [5, 5.41) is 16.2. The van der Waals surface area contributed by atoms with E-state index in [-0.39, 0.29) is 5.75 Å². The molecule has 0 aliphatic carbocycles. The van der Waals surface area contributed by atoms with Crippen molar-refractivity contribution in [2.75, 3.05) is 38.0 Å². The van der Waals surface area contributed by atoms with Crippen LogP contribution in [-0.4, -0.2) is 52.7 Å². The number of aromatic nitrogens is 2. The Morgan fingerprint density at radius 1 is 0.938 bits per heavy atom. The monoisotopic (exact) mass is 433 g/mol. The van der Waals surface area contributed by atoms with E-state index in [1.165, 1.54) is 5.56 Å². The van der Waals surface area contributed by atoms with E-state index in [9.17, 15) is 5.11 Å². The summed E-state index contributed by atoms with van der Waals surface area (Å²) in [4.78, 5) is 11.5. The molecule has 32 heavy (non-hydrogen) atoms. The first-order valence-corrected chi connectivity index (χ1v) is 11.5. The number of benzene rings is 2. The SMILES string of the molecule is CCN(CC)CCCNCc1cccc(-c2ccnc(NCCc3ccc(O)cc3)n2)c1. The maximum absolute atomic E-state index is 9.39. The van der Waals surface area contributed by atoms with Crippen LogP contribution in [0.1, 0.15) is 31.4 Å². The van der Waals surface area contributed by atoms with Gasteiger partial charge in [0.25, 0.3) is 0 Å². The number of hydrogen-bond donors (Lipinski definition) is 3. The van der Waals surface area contributed by atoms with Crippen molar-refractivity contribution >= 4 is 5.95 Å². The highest BCUT2D eigenvalue weighted by Crippen LogP contribution is 2.19. The molecule has 0 spiro atoms. The highest BCUT2D eigenvalue weighted by atomic mass is 16.3. The van der Waals surface area contributed by atoms with Crippen molar-refractivity contribution in [2.24, 2.45) is 0 Å². The van der Waals surface area contributed by atoms with Crippen LogP contribution in [0.2, 0.25) is 0 Å². The number of phenols is 1. The number of anilines is 1. The maximum Gasteiger partial charge on any atom is 0.223 e. The molecule has 0 saturated heterocycles. The van der Waals surface area contributed by atoms with Gasteiger partial charge >= 0.3 is 0 Å². The average molecular weight is 434 g/mol. The number of nitrogens with one attached hydrogen (secondary N) is 2. The fourth-order valence-electron chi connectivity index (χ4n) is 3.63. The molecule has 0 fully saturated rings. The molecule has 2 aromatic carbocycles. The molecule has 3 N–H and O–H groups in total. The first-order chi connectivity index (χ1) is 15.7. The third-order valence-corrected chi connectivity index (χ3v) is 5.56. The highest BCUT2D eigenvalue weighted by molar-refractivity contribution is 5.60. The quantitative estimate of drug-likeness (QED) is 0.349. The van der Waals surface area contributed by atoms with E-state index in [0.29, 0.717) is 5.95 Å².